The van der Waals surface area contributed by atoms with E-state index in [0.29, 0.717) is 12.8 Å². The molecule has 4 heteroatoms. The highest BCUT2D eigenvalue weighted by atomic mass is 28.3. The number of hydrogen-bond donors (Lipinski definition) is 1. The monoisotopic (exact) mass is 257 g/mol. The zero-order valence-corrected chi connectivity index (χ0v) is 13.3. The van der Waals surface area contributed by atoms with Crippen molar-refractivity contribution in [2.45, 2.75) is 77.2 Å². The summed E-state index contributed by atoms with van der Waals surface area (Å²) in [5.74, 6) is 0.264. The zero-order valence-electron chi connectivity index (χ0n) is 12.3. The first-order valence-electron chi connectivity index (χ1n) is 6.43. The first-order valence-corrected chi connectivity index (χ1v) is 9.38. The molecule has 0 aliphatic carbocycles. The van der Waals surface area contributed by atoms with Crippen molar-refractivity contribution in [3.8, 4) is 0 Å². The molecule has 1 amide bonds. The lowest BCUT2D eigenvalue weighted by molar-refractivity contribution is -0.148. The minimum Gasteiger partial charge on any atom is -0.393 e. The lowest BCUT2D eigenvalue weighted by Gasteiger charge is -2.61. The number of nitrogens with zero attached hydrogens (tertiary/aromatic N) is 1. The molecule has 1 aliphatic rings. The van der Waals surface area contributed by atoms with Crippen molar-refractivity contribution in [2.75, 3.05) is 0 Å². The normalized spacial score (nSPS) is 28.0. The van der Waals surface area contributed by atoms with Crippen molar-refractivity contribution in [1.29, 1.82) is 0 Å². The third-order valence-corrected chi connectivity index (χ3v) is 10.0. The molecule has 1 saturated heterocycles. The molecule has 1 aliphatic heterocycles. The van der Waals surface area contributed by atoms with Gasteiger partial charge in [0.25, 0.3) is 0 Å². The van der Waals surface area contributed by atoms with Crippen LogP contribution in [0.5, 0.6) is 0 Å². The quantitative estimate of drug-likeness (QED) is 0.624. The Morgan fingerprint density at radius 3 is 2.24 bits per heavy atom. The second kappa shape index (κ2) is 4.09. The number of amides is 1. The number of carbonyl (C=O) groups is 1. The minimum atomic E-state index is -1.81. The maximum absolute atomic E-state index is 12.0. The number of β-lactam (4-membered cyclic amide) rings is 1. The van der Waals surface area contributed by atoms with Gasteiger partial charge in [-0.2, -0.15) is 0 Å². The van der Waals surface area contributed by atoms with E-state index in [9.17, 15) is 9.90 Å². The van der Waals surface area contributed by atoms with Crippen LogP contribution in [0.25, 0.3) is 0 Å². The minimum absolute atomic E-state index is 0.131. The van der Waals surface area contributed by atoms with E-state index in [1.165, 1.54) is 0 Å². The van der Waals surface area contributed by atoms with E-state index in [1.807, 2.05) is 0 Å². The Balaban J connectivity index is 2.99. The molecule has 1 N–H and O–H groups in total. The molecule has 0 saturated carbocycles. The van der Waals surface area contributed by atoms with E-state index in [0.717, 1.165) is 0 Å². The van der Waals surface area contributed by atoms with Gasteiger partial charge in [0, 0.05) is 12.0 Å². The highest BCUT2D eigenvalue weighted by Crippen LogP contribution is 2.48. The van der Waals surface area contributed by atoms with E-state index in [1.54, 1.807) is 6.92 Å². The van der Waals surface area contributed by atoms with Gasteiger partial charge in [0.2, 0.25) is 5.91 Å². The fourth-order valence-electron chi connectivity index (χ4n) is 2.82. The molecular weight excluding hydrogens is 230 g/mol. The average Bonchev–Trinajstić information content (AvgIpc) is 1.96. The number of rotatable bonds is 3. The van der Waals surface area contributed by atoms with Crippen molar-refractivity contribution in [2.24, 2.45) is 0 Å². The summed E-state index contributed by atoms with van der Waals surface area (Å²) in [6.45, 7) is 15.1. The number of aliphatic hydroxyl groups excluding tert-OH is 1. The van der Waals surface area contributed by atoms with Gasteiger partial charge in [-0.3, -0.25) is 4.79 Å². The summed E-state index contributed by atoms with van der Waals surface area (Å²) in [6.07, 6.45) is 0.927. The maximum atomic E-state index is 12.0. The Labute approximate surface area is 106 Å². The predicted molar refractivity (Wildman–Crippen MR) is 73.4 cm³/mol. The average molecular weight is 257 g/mol. The van der Waals surface area contributed by atoms with Crippen LogP contribution < -0.4 is 0 Å². The maximum Gasteiger partial charge on any atom is 0.217 e. The summed E-state index contributed by atoms with van der Waals surface area (Å²) in [5.41, 5.74) is -0.131. The molecule has 0 spiro atoms. The van der Waals surface area contributed by atoms with E-state index < -0.39 is 8.24 Å². The van der Waals surface area contributed by atoms with E-state index in [-0.39, 0.29) is 22.6 Å². The Kier molecular flexibility index (Phi) is 3.54. The molecule has 0 aromatic rings. The van der Waals surface area contributed by atoms with Crippen LogP contribution in [0.2, 0.25) is 18.1 Å². The number of carbonyl (C=O) groups excluding carboxylic acids is 1. The van der Waals surface area contributed by atoms with Gasteiger partial charge in [-0.05, 0) is 25.3 Å². The summed E-state index contributed by atoms with van der Waals surface area (Å²) < 4.78 is 2.12. The van der Waals surface area contributed by atoms with Gasteiger partial charge in [0.05, 0.1) is 6.10 Å². The second-order valence-corrected chi connectivity index (χ2v) is 12.3. The van der Waals surface area contributed by atoms with Gasteiger partial charge in [-0.25, -0.2) is 0 Å². The summed E-state index contributed by atoms with van der Waals surface area (Å²) in [5, 5.41) is 9.76. The van der Waals surface area contributed by atoms with Crippen LogP contribution in [0, 0.1) is 0 Å². The van der Waals surface area contributed by atoms with Crippen LogP contribution in [0.3, 0.4) is 0 Å². The molecule has 1 rings (SSSR count). The molecule has 3 nitrogen and oxygen atoms in total. The number of hydrogen-bond acceptors (Lipinski definition) is 2. The van der Waals surface area contributed by atoms with Gasteiger partial charge >= 0.3 is 0 Å². The third-order valence-electron chi connectivity index (χ3n) is 4.45. The van der Waals surface area contributed by atoms with Crippen molar-refractivity contribution < 1.29 is 9.90 Å². The third kappa shape index (κ3) is 2.43. The Morgan fingerprint density at radius 2 is 1.94 bits per heavy atom. The van der Waals surface area contributed by atoms with Gasteiger partial charge in [0.1, 0.15) is 0 Å². The van der Waals surface area contributed by atoms with Gasteiger partial charge < -0.3 is 9.67 Å². The fraction of sp³-hybridized carbons (Fsp3) is 0.923. The zero-order chi connectivity index (χ0) is 13.6. The van der Waals surface area contributed by atoms with Crippen LogP contribution in [0.4, 0.5) is 0 Å². The predicted octanol–water partition coefficient (Wildman–Crippen LogP) is 2.75. The first kappa shape index (κ1) is 14.7. The molecule has 17 heavy (non-hydrogen) atoms. The molecule has 0 radical (unpaired) electrons. The SMILES string of the molecule is CC(O)CC1(C)CC(=O)N1[Si](C)(C)C(C)(C)C. The number of aliphatic hydroxyl groups is 1. The van der Waals surface area contributed by atoms with Crippen molar-refractivity contribution in [1.82, 2.24) is 4.57 Å². The van der Waals surface area contributed by atoms with Crippen LogP contribution in [-0.4, -0.2) is 35.5 Å². The highest BCUT2D eigenvalue weighted by Gasteiger charge is 2.57. The fourth-order valence-corrected chi connectivity index (χ4v) is 5.71. The first-order chi connectivity index (χ1) is 7.42. The molecule has 1 heterocycles. The second-order valence-electron chi connectivity index (χ2n) is 7.27. The van der Waals surface area contributed by atoms with E-state index in [4.69, 9.17) is 0 Å². The van der Waals surface area contributed by atoms with Gasteiger partial charge in [-0.15, -0.1) is 0 Å². The van der Waals surface area contributed by atoms with Crippen molar-refractivity contribution >= 4 is 14.1 Å². The Bertz CT molecular complexity index is 320. The lowest BCUT2D eigenvalue weighted by atomic mass is 9.84. The summed E-state index contributed by atoms with van der Waals surface area (Å²) >= 11 is 0. The van der Waals surface area contributed by atoms with E-state index in [2.05, 4.69) is 45.4 Å². The van der Waals surface area contributed by atoms with Crippen LogP contribution in [0.1, 0.15) is 47.5 Å². The molecule has 2 unspecified atom stereocenters. The molecule has 1 fully saturated rings. The summed E-state index contributed by atoms with van der Waals surface area (Å²) in [4.78, 5) is 12.0. The molecule has 0 aromatic heterocycles. The van der Waals surface area contributed by atoms with Gasteiger partial charge in [0.15, 0.2) is 8.24 Å². The van der Waals surface area contributed by atoms with Gasteiger partial charge in [-0.1, -0.05) is 33.9 Å². The summed E-state index contributed by atoms with van der Waals surface area (Å²) in [6, 6.07) is 0. The topological polar surface area (TPSA) is 40.5 Å². The summed E-state index contributed by atoms with van der Waals surface area (Å²) in [7, 11) is -1.81. The smallest absolute Gasteiger partial charge is 0.217 e. The molecule has 2 atom stereocenters. The highest BCUT2D eigenvalue weighted by molar-refractivity contribution is 6.80. The van der Waals surface area contributed by atoms with Crippen LogP contribution in [-0.2, 0) is 4.79 Å². The lowest BCUT2D eigenvalue weighted by Crippen LogP contribution is -2.74. The molecular formula is C13H27NO2Si. The van der Waals surface area contributed by atoms with Crippen LogP contribution >= 0.6 is 0 Å². The van der Waals surface area contributed by atoms with E-state index >= 15 is 0 Å². The molecule has 0 aromatic carbocycles. The van der Waals surface area contributed by atoms with Crippen LogP contribution in [0.15, 0.2) is 0 Å². The Morgan fingerprint density at radius 1 is 1.47 bits per heavy atom. The van der Waals surface area contributed by atoms with Crippen molar-refractivity contribution in [3.63, 3.8) is 0 Å². The largest absolute Gasteiger partial charge is 0.393 e. The molecule has 0 bridgehead atoms. The Hall–Kier alpha value is -0.353. The molecule has 100 valence electrons. The standard InChI is InChI=1S/C13H27NO2Si/c1-10(15)8-13(5)9-11(16)14(13)17(6,7)12(2,3)4/h10,15H,8-9H2,1-7H3. The van der Waals surface area contributed by atoms with Crippen molar-refractivity contribution in [3.05, 3.63) is 0 Å².